The van der Waals surface area contributed by atoms with Crippen molar-refractivity contribution in [3.63, 3.8) is 0 Å². The third-order valence-electron chi connectivity index (χ3n) is 6.44. The number of likely N-dealkylation sites (tertiary alicyclic amines) is 1. The Morgan fingerprint density at radius 3 is 2.45 bits per heavy atom. The van der Waals surface area contributed by atoms with Crippen LogP contribution in [-0.4, -0.2) is 37.3 Å². The van der Waals surface area contributed by atoms with Gasteiger partial charge in [-0.1, -0.05) is 72.3 Å². The molecule has 0 radical (unpaired) electrons. The summed E-state index contributed by atoms with van der Waals surface area (Å²) in [7, 11) is -3.64. The zero-order chi connectivity index (χ0) is 21.4. The maximum atomic E-state index is 13.5. The number of halogens is 1. The van der Waals surface area contributed by atoms with Crippen LogP contribution in [0.1, 0.15) is 22.6 Å². The van der Waals surface area contributed by atoms with Crippen LogP contribution in [0.4, 0.5) is 0 Å². The summed E-state index contributed by atoms with van der Waals surface area (Å²) in [6, 6.07) is 25.4. The van der Waals surface area contributed by atoms with E-state index in [0.717, 1.165) is 25.2 Å². The Balaban J connectivity index is 1.47. The summed E-state index contributed by atoms with van der Waals surface area (Å²) in [5.74, 6) is 0.584. The van der Waals surface area contributed by atoms with Crippen LogP contribution < -0.4 is 0 Å². The summed E-state index contributed by atoms with van der Waals surface area (Å²) in [6.07, 6.45) is 0. The van der Waals surface area contributed by atoms with E-state index in [0.29, 0.717) is 24.0 Å². The normalized spacial score (nSPS) is 22.0. The van der Waals surface area contributed by atoms with Gasteiger partial charge in [-0.3, -0.25) is 4.90 Å². The Kier molecular flexibility index (Phi) is 5.61. The molecular weight excluding hydrogens is 428 g/mol. The average Bonchev–Trinajstić information content (AvgIpc) is 3.09. The average molecular weight is 453 g/mol. The molecule has 0 spiro atoms. The molecular formula is C25H25ClN2O2S. The van der Waals surface area contributed by atoms with Crippen LogP contribution in [0.15, 0.2) is 83.8 Å². The van der Waals surface area contributed by atoms with Gasteiger partial charge in [0.05, 0.1) is 4.90 Å². The van der Waals surface area contributed by atoms with Gasteiger partial charge in [0.1, 0.15) is 0 Å². The van der Waals surface area contributed by atoms with Crippen molar-refractivity contribution in [2.75, 3.05) is 19.6 Å². The SMILES string of the molecule is O=S(=O)(c1cccc(Cl)c1)N1Cc2ccccc2C2CN(Cc3ccccc3)C[C@H]2C1. The molecule has 31 heavy (non-hydrogen) atoms. The van der Waals surface area contributed by atoms with Crippen molar-refractivity contribution in [3.05, 3.63) is 101 Å². The Labute approximate surface area is 189 Å². The molecule has 2 heterocycles. The fourth-order valence-electron chi connectivity index (χ4n) is 4.98. The van der Waals surface area contributed by atoms with Crippen molar-refractivity contribution < 1.29 is 8.42 Å². The van der Waals surface area contributed by atoms with E-state index in [1.165, 1.54) is 11.1 Å². The van der Waals surface area contributed by atoms with Crippen molar-refractivity contribution in [2.45, 2.75) is 23.9 Å². The first-order valence-electron chi connectivity index (χ1n) is 10.6. The molecule has 0 aliphatic carbocycles. The highest BCUT2D eigenvalue weighted by atomic mass is 35.5. The number of sulfonamides is 1. The van der Waals surface area contributed by atoms with Crippen LogP contribution in [0, 0.1) is 5.92 Å². The van der Waals surface area contributed by atoms with Crippen molar-refractivity contribution >= 4 is 21.6 Å². The molecule has 4 nitrogen and oxygen atoms in total. The van der Waals surface area contributed by atoms with Gasteiger partial charge in [0.15, 0.2) is 0 Å². The second-order valence-electron chi connectivity index (χ2n) is 8.50. The van der Waals surface area contributed by atoms with E-state index in [1.54, 1.807) is 28.6 Å². The highest BCUT2D eigenvalue weighted by Crippen LogP contribution is 2.40. The van der Waals surface area contributed by atoms with Crippen LogP contribution in [0.2, 0.25) is 5.02 Å². The molecule has 0 N–H and O–H groups in total. The standard InChI is InChI=1S/C25H25ClN2O2S/c26-22-10-6-11-23(13-22)31(29,30)28-16-20-9-4-5-12-24(20)25-18-27(15-21(25)17-28)14-19-7-2-1-3-8-19/h1-13,21,25H,14-18H2/t21-,25?/m0/s1. The lowest BCUT2D eigenvalue weighted by Gasteiger charge is -2.24. The van der Waals surface area contributed by atoms with Gasteiger partial charge in [0, 0.05) is 43.7 Å². The quantitative estimate of drug-likeness (QED) is 0.573. The van der Waals surface area contributed by atoms with Gasteiger partial charge in [0.2, 0.25) is 10.0 Å². The van der Waals surface area contributed by atoms with Crippen LogP contribution >= 0.6 is 11.6 Å². The maximum absolute atomic E-state index is 13.5. The number of nitrogens with zero attached hydrogens (tertiary/aromatic N) is 2. The number of hydrogen-bond acceptors (Lipinski definition) is 3. The van der Waals surface area contributed by atoms with Gasteiger partial charge in [-0.05, 0) is 40.8 Å². The van der Waals surface area contributed by atoms with Crippen molar-refractivity contribution in [1.82, 2.24) is 9.21 Å². The molecule has 5 rings (SSSR count). The molecule has 0 amide bonds. The Hall–Kier alpha value is -2.18. The smallest absolute Gasteiger partial charge is 0.243 e. The van der Waals surface area contributed by atoms with E-state index in [1.807, 2.05) is 12.1 Å². The van der Waals surface area contributed by atoms with E-state index in [2.05, 4.69) is 47.4 Å². The lowest BCUT2D eigenvalue weighted by molar-refractivity contribution is 0.293. The topological polar surface area (TPSA) is 40.6 Å². The first kappa shape index (κ1) is 20.7. The van der Waals surface area contributed by atoms with Gasteiger partial charge in [0.25, 0.3) is 0 Å². The molecule has 2 aliphatic rings. The fourth-order valence-corrected chi connectivity index (χ4v) is 6.76. The summed E-state index contributed by atoms with van der Waals surface area (Å²) < 4.78 is 28.7. The van der Waals surface area contributed by atoms with Crippen LogP contribution in [0.5, 0.6) is 0 Å². The second-order valence-corrected chi connectivity index (χ2v) is 10.9. The lowest BCUT2D eigenvalue weighted by Crippen LogP contribution is -2.35. The van der Waals surface area contributed by atoms with Gasteiger partial charge < -0.3 is 0 Å². The summed E-state index contributed by atoms with van der Waals surface area (Å²) in [5, 5.41) is 0.434. The molecule has 2 aliphatic heterocycles. The summed E-state index contributed by atoms with van der Waals surface area (Å²) >= 11 is 6.10. The van der Waals surface area contributed by atoms with E-state index in [4.69, 9.17) is 11.6 Å². The Morgan fingerprint density at radius 2 is 1.65 bits per heavy atom. The van der Waals surface area contributed by atoms with Gasteiger partial charge in [-0.2, -0.15) is 4.31 Å². The molecule has 3 aromatic carbocycles. The molecule has 6 heteroatoms. The molecule has 160 valence electrons. The van der Waals surface area contributed by atoms with E-state index < -0.39 is 10.0 Å². The molecule has 0 aromatic heterocycles. The van der Waals surface area contributed by atoms with Crippen molar-refractivity contribution in [3.8, 4) is 0 Å². The van der Waals surface area contributed by atoms with E-state index in [9.17, 15) is 8.42 Å². The largest absolute Gasteiger partial charge is 0.298 e. The summed E-state index contributed by atoms with van der Waals surface area (Å²) in [4.78, 5) is 2.71. The van der Waals surface area contributed by atoms with Gasteiger partial charge >= 0.3 is 0 Å². The Morgan fingerprint density at radius 1 is 0.871 bits per heavy atom. The van der Waals surface area contributed by atoms with Crippen LogP contribution in [0.25, 0.3) is 0 Å². The summed E-state index contributed by atoms with van der Waals surface area (Å²) in [5.41, 5.74) is 3.67. The molecule has 0 saturated carbocycles. The zero-order valence-corrected chi connectivity index (χ0v) is 18.8. The number of rotatable bonds is 4. The lowest BCUT2D eigenvalue weighted by atomic mass is 9.87. The minimum absolute atomic E-state index is 0.251. The third-order valence-corrected chi connectivity index (χ3v) is 8.48. The van der Waals surface area contributed by atoms with Crippen LogP contribution in [0.3, 0.4) is 0 Å². The van der Waals surface area contributed by atoms with Gasteiger partial charge in [-0.25, -0.2) is 8.42 Å². The second kappa shape index (κ2) is 8.40. The first-order chi connectivity index (χ1) is 15.0. The van der Waals surface area contributed by atoms with E-state index >= 15 is 0 Å². The highest BCUT2D eigenvalue weighted by Gasteiger charge is 2.41. The predicted octanol–water partition coefficient (Wildman–Crippen LogP) is 4.76. The molecule has 1 unspecified atom stereocenters. The summed E-state index contributed by atoms with van der Waals surface area (Å²) in [6.45, 7) is 3.63. The molecule has 1 fully saturated rings. The molecule has 0 bridgehead atoms. The highest BCUT2D eigenvalue weighted by molar-refractivity contribution is 7.89. The number of hydrogen-bond donors (Lipinski definition) is 0. The minimum atomic E-state index is -3.64. The fraction of sp³-hybridized carbons (Fsp3) is 0.280. The third kappa shape index (κ3) is 4.15. The first-order valence-corrected chi connectivity index (χ1v) is 12.4. The van der Waals surface area contributed by atoms with Crippen molar-refractivity contribution in [1.29, 1.82) is 0 Å². The maximum Gasteiger partial charge on any atom is 0.243 e. The van der Waals surface area contributed by atoms with Gasteiger partial charge in [-0.15, -0.1) is 0 Å². The van der Waals surface area contributed by atoms with E-state index in [-0.39, 0.29) is 10.8 Å². The molecule has 3 aromatic rings. The predicted molar refractivity (Wildman–Crippen MR) is 123 cm³/mol. The van der Waals surface area contributed by atoms with Crippen LogP contribution in [-0.2, 0) is 23.1 Å². The van der Waals surface area contributed by atoms with Crippen molar-refractivity contribution in [2.24, 2.45) is 5.92 Å². The zero-order valence-electron chi connectivity index (χ0n) is 17.2. The molecule has 2 atom stereocenters. The number of fused-ring (bicyclic) bond motifs is 3. The monoisotopic (exact) mass is 452 g/mol. The minimum Gasteiger partial charge on any atom is -0.298 e. The Bertz CT molecular complexity index is 1180. The molecule has 1 saturated heterocycles. The number of benzene rings is 3.